The Morgan fingerprint density at radius 1 is 1.12 bits per heavy atom. The predicted octanol–water partition coefficient (Wildman–Crippen LogP) is 4.68. The number of aromatic nitrogens is 4. The van der Waals surface area contributed by atoms with Gasteiger partial charge in [-0.25, -0.2) is 18.4 Å². The topological polar surface area (TPSA) is 95.8 Å². The lowest BCUT2D eigenvalue weighted by Crippen LogP contribution is -2.28. The molecule has 10 heteroatoms. The highest BCUT2D eigenvalue weighted by atomic mass is 19.2. The van der Waals surface area contributed by atoms with Gasteiger partial charge < -0.3 is 14.6 Å². The molecule has 3 heterocycles. The third-order valence-corrected chi connectivity index (χ3v) is 5.14. The van der Waals surface area contributed by atoms with Gasteiger partial charge in [0.25, 0.3) is 0 Å². The van der Waals surface area contributed by atoms with Crippen LogP contribution in [0.25, 0.3) is 11.3 Å². The van der Waals surface area contributed by atoms with Crippen molar-refractivity contribution in [2.45, 2.75) is 19.9 Å². The van der Waals surface area contributed by atoms with Crippen LogP contribution < -0.4 is 10.2 Å². The van der Waals surface area contributed by atoms with E-state index in [9.17, 15) is 14.0 Å². The molecule has 5 rings (SSSR count). The minimum absolute atomic E-state index is 0.335. The second-order valence-corrected chi connectivity index (χ2v) is 7.30. The van der Waals surface area contributed by atoms with Crippen LogP contribution in [0.2, 0.25) is 0 Å². The van der Waals surface area contributed by atoms with Crippen LogP contribution in [0, 0.1) is 29.9 Å². The smallest absolute Gasteiger partial charge is 0.248 e. The van der Waals surface area contributed by atoms with Crippen molar-refractivity contribution in [2.75, 3.05) is 16.8 Å². The van der Waals surface area contributed by atoms with Gasteiger partial charge in [-0.05, 0) is 36.8 Å². The van der Waals surface area contributed by atoms with E-state index in [-0.39, 0.29) is 0 Å². The van der Waals surface area contributed by atoms with E-state index in [0.717, 1.165) is 18.6 Å². The van der Waals surface area contributed by atoms with Crippen molar-refractivity contribution in [2.24, 2.45) is 0 Å². The van der Waals surface area contributed by atoms with Crippen molar-refractivity contribution < 1.29 is 13.2 Å². The number of hydrogen-bond donors (Lipinski definition) is 1. The van der Waals surface area contributed by atoms with E-state index in [1.807, 2.05) is 0 Å². The molecule has 1 aliphatic rings. The first-order valence-corrected chi connectivity index (χ1v) is 9.93. The molecule has 2 aromatic heterocycles. The van der Waals surface area contributed by atoms with Crippen LogP contribution in [0.1, 0.15) is 17.9 Å². The summed E-state index contributed by atoms with van der Waals surface area (Å²) < 4.78 is 34.3. The zero-order chi connectivity index (χ0) is 22.2. The molecule has 0 bridgehead atoms. The second-order valence-electron chi connectivity index (χ2n) is 7.30. The van der Waals surface area contributed by atoms with Gasteiger partial charge in [-0.1, -0.05) is 0 Å². The van der Waals surface area contributed by atoms with Crippen molar-refractivity contribution in [3.8, 4) is 17.4 Å². The molecule has 0 radical (unpaired) electrons. The molecule has 4 aromatic rings. The molecule has 2 aromatic carbocycles. The molecular formula is C22H17F2N7O. The zero-order valence-electron chi connectivity index (χ0n) is 17.0. The second kappa shape index (κ2) is 7.77. The first-order valence-electron chi connectivity index (χ1n) is 9.93. The number of anilines is 4. The van der Waals surface area contributed by atoms with E-state index in [2.05, 4.69) is 26.5 Å². The third kappa shape index (κ3) is 3.54. The summed E-state index contributed by atoms with van der Waals surface area (Å²) in [7, 11) is 0. The fourth-order valence-corrected chi connectivity index (χ4v) is 3.66. The first-order chi connectivity index (χ1) is 15.5. The maximum Gasteiger partial charge on any atom is 0.248 e. The molecule has 0 spiro atoms. The SMILES string of the molecule is Cc1ncc(-c2ccc(Nc3nc4n(n3)CCCN4c3ccc(F)c(F)c3)cc2C#N)o1. The standard InChI is InChI=1S/C22H17F2N7O/c1-13-26-12-20(32-13)17-5-3-15(9-14(17)11-25)27-21-28-22-30(7-2-8-31(22)29-21)16-4-6-18(23)19(24)10-16/h3-6,9-10,12H,2,7-8H2,1H3,(H,27,29). The number of fused-ring (bicyclic) bond motifs is 1. The quantitative estimate of drug-likeness (QED) is 0.499. The number of nitrogens with one attached hydrogen (secondary N) is 1. The Morgan fingerprint density at radius 3 is 2.75 bits per heavy atom. The fraction of sp³-hybridized carbons (Fsp3) is 0.182. The van der Waals surface area contributed by atoms with E-state index in [4.69, 9.17) is 4.42 Å². The highest BCUT2D eigenvalue weighted by molar-refractivity contribution is 5.71. The van der Waals surface area contributed by atoms with E-state index in [1.54, 1.807) is 40.9 Å². The van der Waals surface area contributed by atoms with Gasteiger partial charge >= 0.3 is 0 Å². The molecule has 1 N–H and O–H groups in total. The van der Waals surface area contributed by atoms with E-state index in [1.165, 1.54) is 6.07 Å². The number of hydrogen-bond acceptors (Lipinski definition) is 7. The Hall–Kier alpha value is -4.26. The van der Waals surface area contributed by atoms with Crippen LogP contribution in [-0.2, 0) is 6.54 Å². The molecule has 0 saturated heterocycles. The number of halogens is 2. The number of nitrogens with zero attached hydrogens (tertiary/aromatic N) is 6. The lowest BCUT2D eigenvalue weighted by Gasteiger charge is -2.27. The van der Waals surface area contributed by atoms with Crippen LogP contribution in [0.3, 0.4) is 0 Å². The average molecular weight is 433 g/mol. The lowest BCUT2D eigenvalue weighted by molar-refractivity contribution is 0.506. The number of nitriles is 1. The van der Waals surface area contributed by atoms with E-state index >= 15 is 0 Å². The Kier molecular flexibility index (Phi) is 4.78. The predicted molar refractivity (Wildman–Crippen MR) is 113 cm³/mol. The first kappa shape index (κ1) is 19.7. The van der Waals surface area contributed by atoms with Gasteiger partial charge in [-0.2, -0.15) is 10.2 Å². The number of rotatable bonds is 4. The van der Waals surface area contributed by atoms with Gasteiger partial charge in [0.15, 0.2) is 23.3 Å². The summed E-state index contributed by atoms with van der Waals surface area (Å²) in [6.07, 6.45) is 2.36. The third-order valence-electron chi connectivity index (χ3n) is 5.14. The highest BCUT2D eigenvalue weighted by Gasteiger charge is 2.23. The molecular weight excluding hydrogens is 416 g/mol. The minimum Gasteiger partial charge on any atom is -0.441 e. The van der Waals surface area contributed by atoms with Crippen LogP contribution in [0.15, 0.2) is 47.0 Å². The Balaban J connectivity index is 1.43. The normalized spacial score (nSPS) is 13.0. The van der Waals surface area contributed by atoms with Gasteiger partial charge in [-0.3, -0.25) is 0 Å². The van der Waals surface area contributed by atoms with Crippen molar-refractivity contribution in [3.63, 3.8) is 0 Å². The van der Waals surface area contributed by atoms with E-state index in [0.29, 0.717) is 59.1 Å². The highest BCUT2D eigenvalue weighted by Crippen LogP contribution is 2.31. The van der Waals surface area contributed by atoms with Gasteiger partial charge in [-0.15, -0.1) is 5.10 Å². The molecule has 8 nitrogen and oxygen atoms in total. The summed E-state index contributed by atoms with van der Waals surface area (Å²) in [5.41, 5.74) is 2.19. The van der Waals surface area contributed by atoms with Gasteiger partial charge in [0.1, 0.15) is 0 Å². The molecule has 0 atom stereocenters. The summed E-state index contributed by atoms with van der Waals surface area (Å²) in [5.74, 6) is 0.0869. The minimum atomic E-state index is -0.913. The lowest BCUT2D eigenvalue weighted by atomic mass is 10.1. The average Bonchev–Trinajstić information content (AvgIpc) is 3.41. The summed E-state index contributed by atoms with van der Waals surface area (Å²) >= 11 is 0. The van der Waals surface area contributed by atoms with E-state index < -0.39 is 11.6 Å². The summed E-state index contributed by atoms with van der Waals surface area (Å²) in [6.45, 7) is 2.99. The number of oxazole rings is 1. The maximum absolute atomic E-state index is 13.7. The Bertz CT molecular complexity index is 1350. The van der Waals surface area contributed by atoms with Crippen molar-refractivity contribution in [1.82, 2.24) is 19.7 Å². The van der Waals surface area contributed by atoms with Crippen molar-refractivity contribution in [3.05, 3.63) is 65.7 Å². The van der Waals surface area contributed by atoms with Gasteiger partial charge in [0, 0.05) is 43.0 Å². The van der Waals surface area contributed by atoms with Gasteiger partial charge in [0.05, 0.1) is 17.8 Å². The van der Waals surface area contributed by atoms with Crippen LogP contribution in [0.5, 0.6) is 0 Å². The molecule has 32 heavy (non-hydrogen) atoms. The molecule has 0 fully saturated rings. The molecule has 0 aliphatic carbocycles. The molecule has 0 saturated carbocycles. The summed E-state index contributed by atoms with van der Waals surface area (Å²) in [6, 6.07) is 11.2. The zero-order valence-corrected chi connectivity index (χ0v) is 17.0. The Morgan fingerprint density at radius 2 is 2.00 bits per heavy atom. The summed E-state index contributed by atoms with van der Waals surface area (Å²) in [4.78, 5) is 10.4. The molecule has 0 amide bonds. The largest absolute Gasteiger partial charge is 0.441 e. The maximum atomic E-state index is 13.7. The fourth-order valence-electron chi connectivity index (χ4n) is 3.66. The van der Waals surface area contributed by atoms with Crippen molar-refractivity contribution >= 4 is 23.3 Å². The van der Waals surface area contributed by atoms with Crippen LogP contribution in [-0.4, -0.2) is 26.3 Å². The summed E-state index contributed by atoms with van der Waals surface area (Å²) in [5, 5.41) is 17.2. The molecule has 1 aliphatic heterocycles. The number of benzene rings is 2. The van der Waals surface area contributed by atoms with Crippen LogP contribution in [0.4, 0.5) is 32.1 Å². The van der Waals surface area contributed by atoms with Crippen molar-refractivity contribution in [1.29, 1.82) is 5.26 Å². The number of aryl methyl sites for hydroxylation is 2. The monoisotopic (exact) mass is 433 g/mol. The van der Waals surface area contributed by atoms with Gasteiger partial charge in [0.2, 0.25) is 11.9 Å². The van der Waals surface area contributed by atoms with Crippen LogP contribution >= 0.6 is 0 Å². The molecule has 0 unspecified atom stereocenters. The molecule has 160 valence electrons. The Labute approximate surface area is 181 Å².